The third kappa shape index (κ3) is 38.4. The summed E-state index contributed by atoms with van der Waals surface area (Å²) in [6, 6.07) is 0.248. The van der Waals surface area contributed by atoms with E-state index in [0.29, 0.717) is 6.42 Å². The molecule has 3 atom stereocenters. The quantitative estimate of drug-likeness (QED) is 0.0373. The highest BCUT2D eigenvalue weighted by atomic mass is 16.5. The number of carboxylic acid groups (broad SMARTS) is 1. The molecule has 0 aliphatic carbocycles. The van der Waals surface area contributed by atoms with Crippen LogP contribution in [0.2, 0.25) is 0 Å². The van der Waals surface area contributed by atoms with E-state index >= 15 is 0 Å². The summed E-state index contributed by atoms with van der Waals surface area (Å²) in [5.74, 6) is 0.990. The van der Waals surface area contributed by atoms with Crippen molar-refractivity contribution in [2.24, 2.45) is 5.92 Å². The first kappa shape index (κ1) is 52.0. The maximum absolute atomic E-state index is 12.6. The summed E-state index contributed by atoms with van der Waals surface area (Å²) in [6.45, 7) is 13.5. The first-order chi connectivity index (χ1) is 24.9. The molecular weight excluding hydrogens is 634 g/mol. The van der Waals surface area contributed by atoms with E-state index in [1.165, 1.54) is 173 Å². The fraction of sp³-hybridized carbons (Fsp3) is 0.956. The van der Waals surface area contributed by atoms with E-state index in [1.807, 2.05) is 0 Å². The zero-order chi connectivity index (χ0) is 38.0. The van der Waals surface area contributed by atoms with Gasteiger partial charge >= 0.3 is 5.97 Å². The van der Waals surface area contributed by atoms with E-state index in [9.17, 15) is 9.90 Å². The number of ether oxygens (including phenoxy) is 1. The Balaban J connectivity index is 0. The van der Waals surface area contributed by atoms with Crippen LogP contribution in [0.25, 0.3) is 0 Å². The van der Waals surface area contributed by atoms with Gasteiger partial charge in [0.1, 0.15) is 6.10 Å². The number of carbonyl (C=O) groups is 2. The average molecular weight is 726 g/mol. The Bertz CT molecular complexity index is 690. The van der Waals surface area contributed by atoms with Crippen molar-refractivity contribution in [1.29, 1.82) is 0 Å². The molecule has 6 heteroatoms. The van der Waals surface area contributed by atoms with Gasteiger partial charge in [0.15, 0.2) is 0 Å². The molecule has 306 valence electrons. The Morgan fingerprint density at radius 1 is 0.549 bits per heavy atom. The number of esters is 1. The van der Waals surface area contributed by atoms with Crippen molar-refractivity contribution < 1.29 is 24.5 Å². The zero-order valence-corrected chi connectivity index (χ0v) is 35.1. The van der Waals surface area contributed by atoms with Gasteiger partial charge in [-0.15, -0.1) is 0 Å². The summed E-state index contributed by atoms with van der Waals surface area (Å²) < 4.78 is 5.98. The summed E-state index contributed by atoms with van der Waals surface area (Å²) in [7, 11) is 0. The van der Waals surface area contributed by atoms with Crippen LogP contribution >= 0.6 is 0 Å². The maximum Gasteiger partial charge on any atom is 0.306 e. The molecule has 0 aliphatic heterocycles. The van der Waals surface area contributed by atoms with E-state index in [-0.39, 0.29) is 31.2 Å². The van der Waals surface area contributed by atoms with Crippen LogP contribution in [0.15, 0.2) is 0 Å². The van der Waals surface area contributed by atoms with Crippen molar-refractivity contribution in [3.8, 4) is 0 Å². The molecule has 0 radical (unpaired) electrons. The van der Waals surface area contributed by atoms with E-state index < -0.39 is 0 Å². The molecule has 0 aromatic heterocycles. The average Bonchev–Trinajstić information content (AvgIpc) is 3.12. The molecule has 0 spiro atoms. The molecule has 3 unspecified atom stereocenters. The Hall–Kier alpha value is -1.14. The Morgan fingerprint density at radius 2 is 0.922 bits per heavy atom. The number of rotatable bonds is 39. The molecule has 51 heavy (non-hydrogen) atoms. The van der Waals surface area contributed by atoms with Gasteiger partial charge in [-0.25, -0.2) is 0 Å². The van der Waals surface area contributed by atoms with Gasteiger partial charge in [-0.3, -0.25) is 14.5 Å². The standard InChI is InChI=1S/C44H89NO3.CH2O2/c1-6-10-13-16-20-25-33-42(32-9-4)34-26-21-17-23-30-38-45(41(5)40-46)39-31-24-18-22-29-37-44(47)48-43(35-27-15-12-8-3)36-28-19-14-11-7-2;2-1-3/h41-43,46H,6-40H2,1-5H3;1H,(H,2,3). The van der Waals surface area contributed by atoms with Crippen LogP contribution < -0.4 is 0 Å². The smallest absolute Gasteiger partial charge is 0.306 e. The van der Waals surface area contributed by atoms with Crippen molar-refractivity contribution in [3.63, 3.8) is 0 Å². The van der Waals surface area contributed by atoms with Gasteiger partial charge in [-0.1, -0.05) is 182 Å². The third-order valence-corrected chi connectivity index (χ3v) is 10.7. The molecule has 6 nitrogen and oxygen atoms in total. The van der Waals surface area contributed by atoms with Crippen molar-refractivity contribution in [3.05, 3.63) is 0 Å². The molecule has 0 aromatic carbocycles. The molecule has 0 rings (SSSR count). The molecular formula is C45H91NO5. The van der Waals surface area contributed by atoms with Crippen molar-refractivity contribution in [2.75, 3.05) is 19.7 Å². The normalized spacial score (nSPS) is 13.1. The largest absolute Gasteiger partial charge is 0.483 e. The predicted octanol–water partition coefficient (Wildman–Crippen LogP) is 13.5. The minimum Gasteiger partial charge on any atom is -0.483 e. The lowest BCUT2D eigenvalue weighted by Gasteiger charge is -2.28. The van der Waals surface area contributed by atoms with Gasteiger partial charge < -0.3 is 14.9 Å². The molecule has 0 saturated carbocycles. The van der Waals surface area contributed by atoms with E-state index in [4.69, 9.17) is 14.6 Å². The van der Waals surface area contributed by atoms with Crippen LogP contribution in [-0.4, -0.2) is 59.4 Å². The van der Waals surface area contributed by atoms with Crippen LogP contribution in [0.4, 0.5) is 0 Å². The first-order valence-corrected chi connectivity index (χ1v) is 22.6. The van der Waals surface area contributed by atoms with Gasteiger partial charge in [0, 0.05) is 12.5 Å². The second-order valence-electron chi connectivity index (χ2n) is 15.6. The summed E-state index contributed by atoms with van der Waals surface area (Å²) >= 11 is 0. The van der Waals surface area contributed by atoms with Gasteiger partial charge in [0.25, 0.3) is 6.47 Å². The summed E-state index contributed by atoms with van der Waals surface area (Å²) in [4.78, 5) is 23.5. The zero-order valence-electron chi connectivity index (χ0n) is 35.1. The number of aliphatic hydroxyl groups is 1. The van der Waals surface area contributed by atoms with Gasteiger partial charge in [0.2, 0.25) is 0 Å². The molecule has 0 aliphatic rings. The first-order valence-electron chi connectivity index (χ1n) is 22.6. The maximum atomic E-state index is 12.6. The van der Waals surface area contributed by atoms with Gasteiger partial charge in [-0.05, 0) is 70.9 Å². The number of unbranched alkanes of at least 4 members (excludes halogenated alkanes) is 20. The molecule has 0 aromatic rings. The second kappa shape index (κ2) is 43.3. The van der Waals surface area contributed by atoms with Crippen LogP contribution in [0.1, 0.15) is 240 Å². The fourth-order valence-corrected chi connectivity index (χ4v) is 7.40. The highest BCUT2D eigenvalue weighted by Gasteiger charge is 2.15. The summed E-state index contributed by atoms with van der Waals surface area (Å²) in [6.07, 6.45) is 40.7. The molecule has 0 fully saturated rings. The van der Waals surface area contributed by atoms with Crippen LogP contribution in [0.3, 0.4) is 0 Å². The lowest BCUT2D eigenvalue weighted by atomic mass is 9.90. The molecule has 0 saturated heterocycles. The Labute approximate surface area is 319 Å². The number of nitrogens with zero attached hydrogens (tertiary/aromatic N) is 1. The second-order valence-corrected chi connectivity index (χ2v) is 15.6. The van der Waals surface area contributed by atoms with Gasteiger partial charge in [0.05, 0.1) is 6.61 Å². The minimum atomic E-state index is -0.250. The van der Waals surface area contributed by atoms with E-state index in [2.05, 4.69) is 39.5 Å². The van der Waals surface area contributed by atoms with Crippen LogP contribution in [-0.2, 0) is 14.3 Å². The fourth-order valence-electron chi connectivity index (χ4n) is 7.40. The number of carbonyl (C=O) groups excluding carboxylic acids is 1. The number of hydrogen-bond donors (Lipinski definition) is 2. The lowest BCUT2D eigenvalue weighted by Crippen LogP contribution is -2.37. The molecule has 0 heterocycles. The molecule has 0 bridgehead atoms. The Morgan fingerprint density at radius 3 is 1.35 bits per heavy atom. The predicted molar refractivity (Wildman–Crippen MR) is 221 cm³/mol. The van der Waals surface area contributed by atoms with Crippen molar-refractivity contribution >= 4 is 12.4 Å². The molecule has 0 amide bonds. The molecule has 2 N–H and O–H groups in total. The number of hydrogen-bond acceptors (Lipinski definition) is 5. The van der Waals surface area contributed by atoms with Gasteiger partial charge in [-0.2, -0.15) is 0 Å². The van der Waals surface area contributed by atoms with Crippen LogP contribution in [0.5, 0.6) is 0 Å². The Kier molecular flexibility index (Phi) is 44.1. The highest BCUT2D eigenvalue weighted by Crippen LogP contribution is 2.23. The number of aliphatic hydroxyl groups excluding tert-OH is 1. The summed E-state index contributed by atoms with van der Waals surface area (Å²) in [5.41, 5.74) is 0. The van der Waals surface area contributed by atoms with Crippen LogP contribution in [0, 0.1) is 5.92 Å². The van der Waals surface area contributed by atoms with Crippen molar-refractivity contribution in [1.82, 2.24) is 4.90 Å². The lowest BCUT2D eigenvalue weighted by molar-refractivity contribution is -0.150. The third-order valence-electron chi connectivity index (χ3n) is 10.7. The highest BCUT2D eigenvalue weighted by molar-refractivity contribution is 5.69. The minimum absolute atomic E-state index is 0.0286. The van der Waals surface area contributed by atoms with E-state index in [0.717, 1.165) is 44.7 Å². The van der Waals surface area contributed by atoms with Crippen molar-refractivity contribution in [2.45, 2.75) is 252 Å². The SMILES string of the molecule is CCCCCCCCC(CCC)CCCCCCCN(CCCCCCCC(=O)OC(CCCCCC)CCCCCCC)C(C)CO.O=CO. The topological polar surface area (TPSA) is 87.1 Å². The van der Waals surface area contributed by atoms with E-state index in [1.54, 1.807) is 0 Å². The monoisotopic (exact) mass is 726 g/mol. The summed E-state index contributed by atoms with van der Waals surface area (Å²) in [5, 5.41) is 16.7.